The zero-order chi connectivity index (χ0) is 17.8. The average Bonchev–Trinajstić information content (AvgIpc) is 2.89. The van der Waals surface area contributed by atoms with Crippen molar-refractivity contribution in [2.45, 2.75) is 20.3 Å². The number of benzene rings is 1. The highest BCUT2D eigenvalue weighted by Crippen LogP contribution is 2.25. The summed E-state index contributed by atoms with van der Waals surface area (Å²) < 4.78 is 20.0. The van der Waals surface area contributed by atoms with E-state index in [1.54, 1.807) is 23.5 Å². The van der Waals surface area contributed by atoms with Crippen LogP contribution in [0.15, 0.2) is 52.8 Å². The van der Waals surface area contributed by atoms with Crippen LogP contribution in [0.2, 0.25) is 0 Å². The van der Waals surface area contributed by atoms with Gasteiger partial charge in [-0.2, -0.15) is 0 Å². The molecule has 0 amide bonds. The van der Waals surface area contributed by atoms with Crippen LogP contribution in [0.1, 0.15) is 18.2 Å². The van der Waals surface area contributed by atoms with Gasteiger partial charge >= 0.3 is 5.97 Å². The van der Waals surface area contributed by atoms with E-state index < -0.39 is 5.82 Å². The molecular formula is C18H17FN4O2. The number of pyridine rings is 1. The highest BCUT2D eigenvalue weighted by molar-refractivity contribution is 5.74. The molecule has 128 valence electrons. The van der Waals surface area contributed by atoms with E-state index in [4.69, 9.17) is 4.74 Å². The average molecular weight is 340 g/mol. The Kier molecular flexibility index (Phi) is 4.83. The number of nitrogens with zero attached hydrogens (tertiary/aromatic N) is 4. The van der Waals surface area contributed by atoms with Crippen molar-refractivity contribution in [1.29, 1.82) is 0 Å². The van der Waals surface area contributed by atoms with Gasteiger partial charge in [-0.3, -0.25) is 9.20 Å². The lowest BCUT2D eigenvalue weighted by atomic mass is 10.3. The van der Waals surface area contributed by atoms with Crippen molar-refractivity contribution < 1.29 is 13.9 Å². The summed E-state index contributed by atoms with van der Waals surface area (Å²) in [5.74, 6) is -0.349. The number of ether oxygens (including phenoxy) is 1. The zero-order valence-corrected chi connectivity index (χ0v) is 13.9. The smallest absolute Gasteiger partial charge is 0.312 e. The van der Waals surface area contributed by atoms with Crippen LogP contribution in [-0.2, 0) is 16.0 Å². The normalized spacial score (nSPS) is 11.3. The van der Waals surface area contributed by atoms with E-state index in [1.807, 2.05) is 25.3 Å². The molecule has 6 nitrogen and oxygen atoms in total. The van der Waals surface area contributed by atoms with Gasteiger partial charge < -0.3 is 4.74 Å². The predicted molar refractivity (Wildman–Crippen MR) is 90.8 cm³/mol. The molecule has 2 heterocycles. The summed E-state index contributed by atoms with van der Waals surface area (Å²) in [6.07, 6.45) is 1.85. The number of azo groups is 1. The largest absolute Gasteiger partial charge is 0.466 e. The molecule has 7 heteroatoms. The van der Waals surface area contributed by atoms with Crippen LogP contribution in [-0.4, -0.2) is 22.0 Å². The van der Waals surface area contributed by atoms with E-state index in [0.29, 0.717) is 29.5 Å². The molecular weight excluding hydrogens is 323 g/mol. The van der Waals surface area contributed by atoms with Crippen LogP contribution in [0.4, 0.5) is 15.9 Å². The number of fused-ring (bicyclic) bond motifs is 1. The van der Waals surface area contributed by atoms with Crippen molar-refractivity contribution in [3.8, 4) is 0 Å². The SMILES string of the molecule is CCOC(=O)Cc1nc2ccc(C)cn2c1N=Nc1cccc(F)c1. The van der Waals surface area contributed by atoms with Gasteiger partial charge in [0.2, 0.25) is 0 Å². The van der Waals surface area contributed by atoms with Gasteiger partial charge in [0.25, 0.3) is 0 Å². The maximum Gasteiger partial charge on any atom is 0.312 e. The third-order valence-electron chi connectivity index (χ3n) is 3.50. The van der Waals surface area contributed by atoms with Crippen LogP contribution in [0.3, 0.4) is 0 Å². The number of hydrogen-bond acceptors (Lipinski definition) is 5. The van der Waals surface area contributed by atoms with Gasteiger partial charge in [-0.25, -0.2) is 9.37 Å². The maximum absolute atomic E-state index is 13.3. The molecule has 0 unspecified atom stereocenters. The number of rotatable bonds is 5. The molecule has 0 aliphatic rings. The first kappa shape index (κ1) is 16.8. The van der Waals surface area contributed by atoms with Crippen molar-refractivity contribution >= 4 is 23.1 Å². The van der Waals surface area contributed by atoms with Crippen molar-refractivity contribution in [3.63, 3.8) is 0 Å². The lowest BCUT2D eigenvalue weighted by Gasteiger charge is -2.01. The number of hydrogen-bond donors (Lipinski definition) is 0. The van der Waals surface area contributed by atoms with Crippen LogP contribution in [0.25, 0.3) is 5.65 Å². The van der Waals surface area contributed by atoms with E-state index in [-0.39, 0.29) is 12.4 Å². The van der Waals surface area contributed by atoms with Crippen molar-refractivity contribution in [1.82, 2.24) is 9.38 Å². The highest BCUT2D eigenvalue weighted by atomic mass is 19.1. The second-order valence-electron chi connectivity index (χ2n) is 5.48. The van der Waals surface area contributed by atoms with E-state index in [9.17, 15) is 9.18 Å². The number of halogens is 1. The zero-order valence-electron chi connectivity index (χ0n) is 13.9. The first-order chi connectivity index (χ1) is 12.1. The molecule has 0 aliphatic carbocycles. The summed E-state index contributed by atoms with van der Waals surface area (Å²) >= 11 is 0. The van der Waals surface area contributed by atoms with Gasteiger partial charge in [-0.1, -0.05) is 12.1 Å². The van der Waals surface area contributed by atoms with Crippen LogP contribution in [0.5, 0.6) is 0 Å². The van der Waals surface area contributed by atoms with Crippen molar-refractivity contribution in [2.24, 2.45) is 10.2 Å². The molecule has 0 N–H and O–H groups in total. The third kappa shape index (κ3) is 3.88. The minimum absolute atomic E-state index is 0.00787. The van der Waals surface area contributed by atoms with Gasteiger partial charge in [0.1, 0.15) is 11.5 Å². The van der Waals surface area contributed by atoms with Crippen LogP contribution < -0.4 is 0 Å². The minimum atomic E-state index is -0.391. The van der Waals surface area contributed by atoms with Gasteiger partial charge in [0.05, 0.1) is 24.4 Å². The van der Waals surface area contributed by atoms with Gasteiger partial charge in [0.15, 0.2) is 5.82 Å². The standard InChI is InChI=1S/C18H17FN4O2/c1-3-25-17(24)10-15-18(22-21-14-6-4-5-13(19)9-14)23-11-12(2)7-8-16(23)20-15/h4-9,11H,3,10H2,1-2H3. The Hall–Kier alpha value is -3.09. The highest BCUT2D eigenvalue weighted by Gasteiger charge is 2.16. The molecule has 0 fully saturated rings. The first-order valence-corrected chi connectivity index (χ1v) is 7.87. The fourth-order valence-electron chi connectivity index (χ4n) is 2.40. The summed E-state index contributed by atoms with van der Waals surface area (Å²) in [7, 11) is 0. The number of imidazole rings is 1. The molecule has 0 spiro atoms. The Labute approximate surface area is 144 Å². The molecule has 25 heavy (non-hydrogen) atoms. The number of aromatic nitrogens is 2. The third-order valence-corrected chi connectivity index (χ3v) is 3.50. The summed E-state index contributed by atoms with van der Waals surface area (Å²) in [4.78, 5) is 16.3. The molecule has 0 bridgehead atoms. The summed E-state index contributed by atoms with van der Waals surface area (Å²) in [5.41, 5.74) is 2.50. The Morgan fingerprint density at radius 3 is 2.88 bits per heavy atom. The number of carbonyl (C=O) groups excluding carboxylic acids is 1. The number of esters is 1. The van der Waals surface area contributed by atoms with E-state index in [1.165, 1.54) is 12.1 Å². The lowest BCUT2D eigenvalue weighted by molar-refractivity contribution is -0.142. The molecule has 3 aromatic rings. The number of aryl methyl sites for hydroxylation is 1. The van der Waals surface area contributed by atoms with Gasteiger partial charge in [0, 0.05) is 12.3 Å². The molecule has 0 saturated heterocycles. The van der Waals surface area contributed by atoms with Gasteiger partial charge in [-0.15, -0.1) is 10.2 Å². The Bertz CT molecular complexity index is 949. The topological polar surface area (TPSA) is 68.3 Å². The van der Waals surface area contributed by atoms with Gasteiger partial charge in [-0.05, 0) is 37.6 Å². The second-order valence-corrected chi connectivity index (χ2v) is 5.48. The summed E-state index contributed by atoms with van der Waals surface area (Å²) in [6.45, 7) is 3.99. The number of carbonyl (C=O) groups is 1. The quantitative estimate of drug-likeness (QED) is 0.513. The molecule has 1 aromatic carbocycles. The van der Waals surface area contributed by atoms with Crippen molar-refractivity contribution in [3.05, 3.63) is 59.7 Å². The van der Waals surface area contributed by atoms with E-state index >= 15 is 0 Å². The van der Waals surface area contributed by atoms with Crippen molar-refractivity contribution in [2.75, 3.05) is 6.61 Å². The summed E-state index contributed by atoms with van der Waals surface area (Å²) in [5, 5.41) is 8.29. The molecule has 0 radical (unpaired) electrons. The lowest BCUT2D eigenvalue weighted by Crippen LogP contribution is -2.07. The molecule has 2 aromatic heterocycles. The molecule has 0 atom stereocenters. The Morgan fingerprint density at radius 1 is 1.28 bits per heavy atom. The molecule has 0 saturated carbocycles. The Morgan fingerprint density at radius 2 is 2.12 bits per heavy atom. The monoisotopic (exact) mass is 340 g/mol. The second kappa shape index (κ2) is 7.21. The van der Waals surface area contributed by atoms with Crippen LogP contribution in [0, 0.1) is 12.7 Å². The predicted octanol–water partition coefficient (Wildman–Crippen LogP) is 4.30. The fourth-order valence-corrected chi connectivity index (χ4v) is 2.40. The summed E-state index contributed by atoms with van der Waals surface area (Å²) in [6, 6.07) is 9.58. The van der Waals surface area contributed by atoms with E-state index in [0.717, 1.165) is 5.56 Å². The first-order valence-electron chi connectivity index (χ1n) is 7.87. The minimum Gasteiger partial charge on any atom is -0.466 e. The Balaban J connectivity index is 2.03. The maximum atomic E-state index is 13.3. The molecule has 0 aliphatic heterocycles. The molecule has 3 rings (SSSR count). The van der Waals surface area contributed by atoms with Crippen LogP contribution >= 0.6 is 0 Å². The fraction of sp³-hybridized carbons (Fsp3) is 0.222. The van der Waals surface area contributed by atoms with E-state index in [2.05, 4.69) is 15.2 Å².